The predicted molar refractivity (Wildman–Crippen MR) is 138 cm³/mol. The summed E-state index contributed by atoms with van der Waals surface area (Å²) in [6, 6.07) is 25.1. The van der Waals surface area contributed by atoms with Crippen LogP contribution in [0.15, 0.2) is 72.9 Å². The monoisotopic (exact) mass is 424 g/mol. The van der Waals surface area contributed by atoms with E-state index < -0.39 is 8.07 Å². The van der Waals surface area contributed by atoms with Gasteiger partial charge < -0.3 is 0 Å². The fraction of sp³-hybridized carbons (Fsp3) is 0.276. The summed E-state index contributed by atoms with van der Waals surface area (Å²) >= 11 is 0. The summed E-state index contributed by atoms with van der Waals surface area (Å²) in [7, 11) is 0.851. The normalized spacial score (nSPS) is 12.0. The van der Waals surface area contributed by atoms with Gasteiger partial charge in [-0.25, -0.2) is 4.57 Å². The van der Waals surface area contributed by atoms with Crippen LogP contribution in [0.3, 0.4) is 0 Å². The maximum Gasteiger partial charge on any atom is 0.213 e. The second-order valence-electron chi connectivity index (χ2n) is 10.1. The lowest BCUT2D eigenvalue weighted by atomic mass is 9.91. The van der Waals surface area contributed by atoms with Gasteiger partial charge in [0.05, 0.1) is 8.07 Å². The van der Waals surface area contributed by atoms with Crippen LogP contribution in [0.4, 0.5) is 0 Å². The highest BCUT2D eigenvalue weighted by atomic mass is 28.3. The van der Waals surface area contributed by atoms with Crippen molar-refractivity contribution in [2.45, 2.75) is 46.3 Å². The van der Waals surface area contributed by atoms with Gasteiger partial charge in [0.25, 0.3) is 0 Å². The van der Waals surface area contributed by atoms with E-state index in [0.717, 1.165) is 0 Å². The third kappa shape index (κ3) is 4.22. The van der Waals surface area contributed by atoms with Crippen LogP contribution in [0.2, 0.25) is 19.6 Å². The molecule has 31 heavy (non-hydrogen) atoms. The SMILES string of the molecule is Cc1ccccc1-c1cc(-c2ccc3cc([Si](C)(C)C)ccc3c2)c(C(C)C)c[n+]1C. The summed E-state index contributed by atoms with van der Waals surface area (Å²) in [5.74, 6) is 0.456. The molecule has 1 nitrogen and oxygen atoms in total. The Kier molecular flexibility index (Phi) is 5.61. The first-order valence-corrected chi connectivity index (χ1v) is 14.8. The van der Waals surface area contributed by atoms with E-state index in [9.17, 15) is 0 Å². The highest BCUT2D eigenvalue weighted by molar-refractivity contribution is 6.88. The summed E-state index contributed by atoms with van der Waals surface area (Å²) < 4.78 is 2.28. The molecule has 0 fully saturated rings. The molecule has 0 saturated heterocycles. The number of pyridine rings is 1. The highest BCUT2D eigenvalue weighted by Gasteiger charge is 2.21. The Morgan fingerprint density at radius 2 is 1.45 bits per heavy atom. The molecular weight excluding hydrogens is 390 g/mol. The van der Waals surface area contributed by atoms with Crippen molar-refractivity contribution in [1.29, 1.82) is 0 Å². The molecule has 0 amide bonds. The van der Waals surface area contributed by atoms with Crippen molar-refractivity contribution in [3.8, 4) is 22.4 Å². The molecule has 2 heteroatoms. The van der Waals surface area contributed by atoms with E-state index in [0.29, 0.717) is 5.92 Å². The maximum atomic E-state index is 2.41. The van der Waals surface area contributed by atoms with Crippen LogP contribution in [0, 0.1) is 6.92 Å². The number of hydrogen-bond acceptors (Lipinski definition) is 0. The molecule has 0 aliphatic heterocycles. The van der Waals surface area contributed by atoms with Gasteiger partial charge >= 0.3 is 0 Å². The van der Waals surface area contributed by atoms with Crippen LogP contribution in [0.25, 0.3) is 33.2 Å². The Hall–Kier alpha value is -2.71. The van der Waals surface area contributed by atoms with Crippen molar-refractivity contribution in [3.05, 3.63) is 84.1 Å². The van der Waals surface area contributed by atoms with Gasteiger partial charge in [-0.1, -0.05) is 87.2 Å². The second-order valence-corrected chi connectivity index (χ2v) is 15.2. The van der Waals surface area contributed by atoms with Gasteiger partial charge in [0.2, 0.25) is 5.69 Å². The van der Waals surface area contributed by atoms with Crippen LogP contribution in [0.1, 0.15) is 30.9 Å². The molecule has 0 radical (unpaired) electrons. The van der Waals surface area contributed by atoms with E-state index in [1.807, 2.05) is 0 Å². The van der Waals surface area contributed by atoms with E-state index in [4.69, 9.17) is 0 Å². The zero-order valence-electron chi connectivity index (χ0n) is 20.0. The standard InChI is InChI=1S/C29H34NSi/c1-20(2)28-19-30(4)29(26-11-9-8-10-21(26)3)18-27(28)24-13-12-23-17-25(31(5,6)7)15-14-22(23)16-24/h8-20H,1-7H3/q+1. The Balaban J connectivity index is 1.91. The minimum atomic E-state index is -1.31. The first-order chi connectivity index (χ1) is 14.6. The van der Waals surface area contributed by atoms with Crippen LogP contribution in [-0.4, -0.2) is 8.07 Å². The fourth-order valence-electron chi connectivity index (χ4n) is 4.39. The fourth-order valence-corrected chi connectivity index (χ4v) is 5.56. The number of rotatable bonds is 4. The van der Waals surface area contributed by atoms with Crippen molar-refractivity contribution in [1.82, 2.24) is 0 Å². The Morgan fingerprint density at radius 1 is 0.774 bits per heavy atom. The maximum absolute atomic E-state index is 2.41. The van der Waals surface area contributed by atoms with E-state index >= 15 is 0 Å². The molecule has 0 unspecified atom stereocenters. The van der Waals surface area contributed by atoms with Crippen molar-refractivity contribution in [2.24, 2.45) is 7.05 Å². The number of nitrogens with zero attached hydrogens (tertiary/aromatic N) is 1. The topological polar surface area (TPSA) is 3.88 Å². The highest BCUT2D eigenvalue weighted by Crippen LogP contribution is 2.33. The van der Waals surface area contributed by atoms with Crippen molar-refractivity contribution in [2.75, 3.05) is 0 Å². The molecule has 158 valence electrons. The lowest BCUT2D eigenvalue weighted by molar-refractivity contribution is -0.660. The van der Waals surface area contributed by atoms with Gasteiger partial charge in [0.1, 0.15) is 7.05 Å². The predicted octanol–water partition coefficient (Wildman–Crippen LogP) is 6.98. The molecule has 3 aromatic carbocycles. The van der Waals surface area contributed by atoms with Gasteiger partial charge in [-0.15, -0.1) is 0 Å². The molecule has 1 aromatic heterocycles. The Morgan fingerprint density at radius 3 is 2.13 bits per heavy atom. The van der Waals surface area contributed by atoms with Crippen LogP contribution in [-0.2, 0) is 7.05 Å². The van der Waals surface area contributed by atoms with Gasteiger partial charge in [-0.05, 0) is 52.4 Å². The number of benzene rings is 3. The quantitative estimate of drug-likeness (QED) is 0.246. The van der Waals surface area contributed by atoms with E-state index in [1.165, 1.54) is 49.5 Å². The van der Waals surface area contributed by atoms with E-state index in [1.54, 1.807) is 0 Å². The molecule has 0 aliphatic carbocycles. The second kappa shape index (κ2) is 8.09. The largest absolute Gasteiger partial charge is 0.213 e. The molecule has 0 spiro atoms. The van der Waals surface area contributed by atoms with E-state index in [-0.39, 0.29) is 0 Å². The third-order valence-electron chi connectivity index (χ3n) is 6.37. The number of aromatic nitrogens is 1. The average Bonchev–Trinajstić information content (AvgIpc) is 2.72. The molecule has 0 N–H and O–H groups in total. The average molecular weight is 425 g/mol. The first kappa shape index (κ1) is 21.5. The molecular formula is C29H34NSi+. The first-order valence-electron chi connectivity index (χ1n) is 11.3. The smallest absolute Gasteiger partial charge is 0.201 e. The van der Waals surface area contributed by atoms with Gasteiger partial charge in [0, 0.05) is 17.2 Å². The summed E-state index contributed by atoms with van der Waals surface area (Å²) in [6.45, 7) is 14.0. The molecule has 4 aromatic rings. The molecule has 0 aliphatic rings. The number of hydrogen-bond donors (Lipinski definition) is 0. The van der Waals surface area contributed by atoms with Gasteiger partial charge in [-0.2, -0.15) is 0 Å². The minimum absolute atomic E-state index is 0.456. The summed E-state index contributed by atoms with van der Waals surface area (Å²) in [5, 5.41) is 4.18. The van der Waals surface area contributed by atoms with E-state index in [2.05, 4.69) is 125 Å². The minimum Gasteiger partial charge on any atom is -0.201 e. The molecule has 0 saturated carbocycles. The van der Waals surface area contributed by atoms with Crippen molar-refractivity contribution < 1.29 is 4.57 Å². The number of aryl methyl sites for hydroxylation is 2. The van der Waals surface area contributed by atoms with Crippen LogP contribution < -0.4 is 9.75 Å². The summed E-state index contributed by atoms with van der Waals surface area (Å²) in [4.78, 5) is 0. The molecule has 1 heterocycles. The Labute approximate surface area is 188 Å². The number of fused-ring (bicyclic) bond motifs is 1. The van der Waals surface area contributed by atoms with Crippen LogP contribution >= 0.6 is 0 Å². The van der Waals surface area contributed by atoms with Crippen molar-refractivity contribution in [3.63, 3.8) is 0 Å². The molecule has 4 rings (SSSR count). The zero-order chi connectivity index (χ0) is 22.3. The van der Waals surface area contributed by atoms with Gasteiger partial charge in [-0.3, -0.25) is 0 Å². The molecule has 0 atom stereocenters. The Bertz CT molecular complexity index is 1260. The summed E-state index contributed by atoms with van der Waals surface area (Å²) in [6.07, 6.45) is 2.32. The molecule has 0 bridgehead atoms. The third-order valence-corrected chi connectivity index (χ3v) is 8.41. The lowest BCUT2D eigenvalue weighted by Gasteiger charge is -2.18. The van der Waals surface area contributed by atoms with Crippen LogP contribution in [0.5, 0.6) is 0 Å². The van der Waals surface area contributed by atoms with Gasteiger partial charge in [0.15, 0.2) is 6.20 Å². The lowest BCUT2D eigenvalue weighted by Crippen LogP contribution is -2.37. The zero-order valence-corrected chi connectivity index (χ0v) is 21.0. The summed E-state index contributed by atoms with van der Waals surface area (Å²) in [5.41, 5.74) is 7.88. The van der Waals surface area contributed by atoms with Crippen molar-refractivity contribution >= 4 is 24.0 Å².